The standard InChI is InChI=1S/C21H28F2N4O3/c1-28-18-12-15(7-8-17(18)29-21(22)23)20-24-19(30-25-20)14-27-11-5-6-16(27)13-26-9-3-2-4-10-26/h7-8,12,16,21H,2-6,9-11,13-14H2,1H3. The van der Waals surface area contributed by atoms with Crippen LogP contribution in [-0.4, -0.2) is 65.9 Å². The molecule has 1 aromatic heterocycles. The average Bonchev–Trinajstić information content (AvgIpc) is 3.39. The molecule has 0 saturated carbocycles. The van der Waals surface area contributed by atoms with Crippen molar-refractivity contribution in [2.45, 2.75) is 51.3 Å². The van der Waals surface area contributed by atoms with Crippen molar-refractivity contribution in [1.29, 1.82) is 0 Å². The Kier molecular flexibility index (Phi) is 6.79. The first-order valence-corrected chi connectivity index (χ1v) is 10.5. The summed E-state index contributed by atoms with van der Waals surface area (Å²) < 4.78 is 40.1. The van der Waals surface area contributed by atoms with E-state index >= 15 is 0 Å². The minimum atomic E-state index is -2.92. The van der Waals surface area contributed by atoms with Crippen LogP contribution in [0.1, 0.15) is 38.0 Å². The van der Waals surface area contributed by atoms with Crippen LogP contribution in [0.25, 0.3) is 11.4 Å². The van der Waals surface area contributed by atoms with Crippen LogP contribution in [0.4, 0.5) is 8.78 Å². The molecule has 0 amide bonds. The Balaban J connectivity index is 1.41. The van der Waals surface area contributed by atoms with Gasteiger partial charge >= 0.3 is 6.61 Å². The minimum Gasteiger partial charge on any atom is -0.493 e. The Morgan fingerprint density at radius 1 is 1.13 bits per heavy atom. The van der Waals surface area contributed by atoms with Gasteiger partial charge in [0, 0.05) is 18.2 Å². The van der Waals surface area contributed by atoms with E-state index in [-0.39, 0.29) is 11.5 Å². The quantitative estimate of drug-likeness (QED) is 0.641. The van der Waals surface area contributed by atoms with Gasteiger partial charge in [-0.1, -0.05) is 11.6 Å². The molecule has 0 spiro atoms. The lowest BCUT2D eigenvalue weighted by Crippen LogP contribution is -2.42. The van der Waals surface area contributed by atoms with Crippen LogP contribution < -0.4 is 9.47 Å². The fourth-order valence-corrected chi connectivity index (χ4v) is 4.36. The van der Waals surface area contributed by atoms with Gasteiger partial charge in [0.15, 0.2) is 11.5 Å². The lowest BCUT2D eigenvalue weighted by atomic mass is 10.1. The molecule has 9 heteroatoms. The summed E-state index contributed by atoms with van der Waals surface area (Å²) in [6.45, 7) is 2.23. The summed E-state index contributed by atoms with van der Waals surface area (Å²) in [5, 5.41) is 4.07. The first-order chi connectivity index (χ1) is 14.6. The molecule has 2 aliphatic heterocycles. The van der Waals surface area contributed by atoms with Crippen LogP contribution in [0.2, 0.25) is 0 Å². The molecule has 0 aliphatic carbocycles. The summed E-state index contributed by atoms with van der Waals surface area (Å²) in [5.41, 5.74) is 0.620. The fraction of sp³-hybridized carbons (Fsp3) is 0.619. The van der Waals surface area contributed by atoms with Crippen LogP contribution >= 0.6 is 0 Å². The second kappa shape index (κ2) is 9.70. The molecule has 0 radical (unpaired) electrons. The molecule has 1 aromatic carbocycles. The first kappa shape index (κ1) is 21.0. The van der Waals surface area contributed by atoms with Gasteiger partial charge < -0.3 is 18.9 Å². The maximum absolute atomic E-state index is 12.5. The van der Waals surface area contributed by atoms with Gasteiger partial charge in [0.05, 0.1) is 13.7 Å². The number of alkyl halides is 2. The number of hydrogen-bond acceptors (Lipinski definition) is 7. The van der Waals surface area contributed by atoms with Crippen molar-refractivity contribution in [1.82, 2.24) is 19.9 Å². The van der Waals surface area contributed by atoms with Gasteiger partial charge in [-0.2, -0.15) is 13.8 Å². The molecule has 4 rings (SSSR count). The molecule has 2 aromatic rings. The fourth-order valence-electron chi connectivity index (χ4n) is 4.36. The van der Waals surface area contributed by atoms with E-state index in [0.29, 0.717) is 29.9 Å². The molecule has 0 N–H and O–H groups in total. The highest BCUT2D eigenvalue weighted by molar-refractivity contribution is 5.60. The molecule has 1 atom stereocenters. The summed E-state index contributed by atoms with van der Waals surface area (Å²) in [6, 6.07) is 5.13. The number of nitrogens with zero attached hydrogens (tertiary/aromatic N) is 4. The normalized spacial score (nSPS) is 20.7. The Morgan fingerprint density at radius 2 is 1.97 bits per heavy atom. The molecule has 0 bridgehead atoms. The Morgan fingerprint density at radius 3 is 2.73 bits per heavy atom. The van der Waals surface area contributed by atoms with Crippen molar-refractivity contribution in [3.63, 3.8) is 0 Å². The highest BCUT2D eigenvalue weighted by Crippen LogP contribution is 2.32. The van der Waals surface area contributed by atoms with E-state index in [9.17, 15) is 8.78 Å². The van der Waals surface area contributed by atoms with Gasteiger partial charge in [-0.15, -0.1) is 0 Å². The van der Waals surface area contributed by atoms with E-state index < -0.39 is 6.61 Å². The Hall–Kier alpha value is -2.26. The number of rotatable bonds is 8. The molecular formula is C21H28F2N4O3. The number of likely N-dealkylation sites (tertiary alicyclic amines) is 2. The lowest BCUT2D eigenvalue weighted by Gasteiger charge is -2.32. The molecule has 30 heavy (non-hydrogen) atoms. The number of methoxy groups -OCH3 is 1. The van der Waals surface area contributed by atoms with Crippen molar-refractivity contribution in [3.05, 3.63) is 24.1 Å². The van der Waals surface area contributed by atoms with Crippen LogP contribution in [0.15, 0.2) is 22.7 Å². The number of benzene rings is 1. The van der Waals surface area contributed by atoms with Crippen LogP contribution in [0, 0.1) is 0 Å². The third-order valence-corrected chi connectivity index (χ3v) is 5.86. The van der Waals surface area contributed by atoms with E-state index in [0.717, 1.165) is 13.1 Å². The Labute approximate surface area is 174 Å². The number of piperidine rings is 1. The van der Waals surface area contributed by atoms with Crippen LogP contribution in [0.3, 0.4) is 0 Å². The first-order valence-electron chi connectivity index (χ1n) is 10.5. The molecule has 7 nitrogen and oxygen atoms in total. The highest BCUT2D eigenvalue weighted by atomic mass is 19.3. The number of ether oxygens (including phenoxy) is 2. The van der Waals surface area contributed by atoms with Gasteiger partial charge in [0.1, 0.15) is 0 Å². The summed E-state index contributed by atoms with van der Waals surface area (Å²) in [7, 11) is 1.40. The van der Waals surface area contributed by atoms with Crippen LogP contribution in [-0.2, 0) is 6.54 Å². The van der Waals surface area contributed by atoms with Gasteiger partial charge in [0.2, 0.25) is 11.7 Å². The molecular weight excluding hydrogens is 394 g/mol. The topological polar surface area (TPSA) is 63.9 Å². The molecule has 3 heterocycles. The van der Waals surface area contributed by atoms with Gasteiger partial charge in [-0.25, -0.2) is 0 Å². The van der Waals surface area contributed by atoms with Gasteiger partial charge in [0.25, 0.3) is 0 Å². The van der Waals surface area contributed by atoms with E-state index in [4.69, 9.17) is 9.26 Å². The summed E-state index contributed by atoms with van der Waals surface area (Å²) >= 11 is 0. The third kappa shape index (κ3) is 5.07. The van der Waals surface area contributed by atoms with Crippen molar-refractivity contribution in [2.24, 2.45) is 0 Å². The number of aromatic nitrogens is 2. The zero-order chi connectivity index (χ0) is 20.9. The van der Waals surface area contributed by atoms with Crippen molar-refractivity contribution >= 4 is 0 Å². The second-order valence-corrected chi connectivity index (χ2v) is 7.88. The smallest absolute Gasteiger partial charge is 0.387 e. The Bertz CT molecular complexity index is 826. The van der Waals surface area contributed by atoms with Crippen LogP contribution in [0.5, 0.6) is 11.5 Å². The maximum atomic E-state index is 12.5. The van der Waals surface area contributed by atoms with E-state index in [1.807, 2.05) is 0 Å². The molecule has 2 aliphatic rings. The zero-order valence-corrected chi connectivity index (χ0v) is 17.2. The van der Waals surface area contributed by atoms with E-state index in [2.05, 4.69) is 24.7 Å². The average molecular weight is 422 g/mol. The summed E-state index contributed by atoms with van der Waals surface area (Å²) in [6.07, 6.45) is 6.31. The number of halogens is 2. The summed E-state index contributed by atoms with van der Waals surface area (Å²) in [5.74, 6) is 1.12. The predicted octanol–water partition coefficient (Wildman–Crippen LogP) is 3.80. The predicted molar refractivity (Wildman–Crippen MR) is 107 cm³/mol. The monoisotopic (exact) mass is 422 g/mol. The van der Waals surface area contributed by atoms with Crippen molar-refractivity contribution < 1.29 is 22.8 Å². The highest BCUT2D eigenvalue weighted by Gasteiger charge is 2.28. The second-order valence-electron chi connectivity index (χ2n) is 7.88. The van der Waals surface area contributed by atoms with E-state index in [1.54, 1.807) is 12.1 Å². The largest absolute Gasteiger partial charge is 0.493 e. The molecule has 1 unspecified atom stereocenters. The SMILES string of the molecule is COc1cc(-c2noc(CN3CCCC3CN3CCCCC3)n2)ccc1OC(F)F. The number of hydrogen-bond donors (Lipinski definition) is 0. The summed E-state index contributed by atoms with van der Waals surface area (Å²) in [4.78, 5) is 9.51. The zero-order valence-electron chi connectivity index (χ0n) is 17.2. The molecule has 164 valence electrons. The van der Waals surface area contributed by atoms with Gasteiger partial charge in [-0.3, -0.25) is 4.90 Å². The van der Waals surface area contributed by atoms with Crippen molar-refractivity contribution in [3.8, 4) is 22.9 Å². The maximum Gasteiger partial charge on any atom is 0.387 e. The minimum absolute atomic E-state index is 0.0300. The molecule has 2 fully saturated rings. The lowest BCUT2D eigenvalue weighted by molar-refractivity contribution is -0.0512. The van der Waals surface area contributed by atoms with E-state index in [1.165, 1.54) is 58.4 Å². The molecule has 2 saturated heterocycles. The third-order valence-electron chi connectivity index (χ3n) is 5.86. The van der Waals surface area contributed by atoms with Crippen molar-refractivity contribution in [2.75, 3.05) is 33.3 Å². The van der Waals surface area contributed by atoms with Gasteiger partial charge in [-0.05, 0) is 63.5 Å².